The molecular weight excluding hydrogens is 178 g/mol. The van der Waals surface area contributed by atoms with E-state index in [4.69, 9.17) is 4.74 Å². The molecule has 3 nitrogen and oxygen atoms in total. The van der Waals surface area contributed by atoms with Crippen LogP contribution in [0.25, 0.3) is 0 Å². The van der Waals surface area contributed by atoms with Crippen LogP contribution < -0.4 is 5.32 Å². The van der Waals surface area contributed by atoms with Gasteiger partial charge in [0, 0.05) is 12.5 Å². The van der Waals surface area contributed by atoms with Crippen molar-refractivity contribution < 1.29 is 9.84 Å². The van der Waals surface area contributed by atoms with Crippen molar-refractivity contribution in [3.8, 4) is 0 Å². The molecule has 0 radical (unpaired) electrons. The lowest BCUT2D eigenvalue weighted by Crippen LogP contribution is -2.40. The van der Waals surface area contributed by atoms with Gasteiger partial charge in [0.25, 0.3) is 0 Å². The highest BCUT2D eigenvalue weighted by molar-refractivity contribution is 4.97. The third-order valence-corrected chi connectivity index (χ3v) is 3.02. The Morgan fingerprint density at radius 3 is 2.36 bits per heavy atom. The molecule has 1 aliphatic rings. The van der Waals surface area contributed by atoms with Gasteiger partial charge in [0.2, 0.25) is 0 Å². The Hall–Kier alpha value is -0.120. The summed E-state index contributed by atoms with van der Waals surface area (Å²) in [4.78, 5) is 0. The zero-order valence-electron chi connectivity index (χ0n) is 9.92. The minimum Gasteiger partial charge on any atom is -0.391 e. The average Bonchev–Trinajstić information content (AvgIpc) is 2.19. The summed E-state index contributed by atoms with van der Waals surface area (Å²) < 4.78 is 5.93. The molecule has 0 saturated carbocycles. The molecule has 0 aromatic carbocycles. The molecule has 0 amide bonds. The van der Waals surface area contributed by atoms with Crippen LogP contribution in [0.15, 0.2) is 0 Å². The Labute approximate surface area is 86.8 Å². The molecule has 0 spiro atoms. The van der Waals surface area contributed by atoms with Crippen LogP contribution >= 0.6 is 0 Å². The van der Waals surface area contributed by atoms with Gasteiger partial charge >= 0.3 is 0 Å². The lowest BCUT2D eigenvalue weighted by atomic mass is 9.83. The fourth-order valence-corrected chi connectivity index (χ4v) is 2.56. The number of rotatable bonds is 3. The van der Waals surface area contributed by atoms with Crippen LogP contribution in [-0.4, -0.2) is 36.0 Å². The number of likely N-dealkylation sites (N-methyl/N-ethyl adjacent to an activating group) is 1. The molecule has 0 bridgehead atoms. The maximum absolute atomic E-state index is 9.97. The molecule has 2 atom stereocenters. The van der Waals surface area contributed by atoms with Crippen molar-refractivity contribution >= 4 is 0 Å². The van der Waals surface area contributed by atoms with Crippen LogP contribution in [0.2, 0.25) is 0 Å². The number of hydrogen-bond donors (Lipinski definition) is 2. The Kier molecular flexibility index (Phi) is 3.24. The Morgan fingerprint density at radius 1 is 1.43 bits per heavy atom. The van der Waals surface area contributed by atoms with Gasteiger partial charge in [-0.15, -0.1) is 0 Å². The van der Waals surface area contributed by atoms with E-state index in [1.807, 2.05) is 7.05 Å². The normalized spacial score (nSPS) is 31.7. The minimum atomic E-state index is -0.322. The molecule has 2 N–H and O–H groups in total. The van der Waals surface area contributed by atoms with Gasteiger partial charge in [-0.25, -0.2) is 0 Å². The first-order valence-corrected chi connectivity index (χ1v) is 5.31. The van der Waals surface area contributed by atoms with E-state index in [2.05, 4.69) is 33.0 Å². The first-order valence-electron chi connectivity index (χ1n) is 5.31. The van der Waals surface area contributed by atoms with Crippen LogP contribution in [0.1, 0.15) is 34.1 Å². The van der Waals surface area contributed by atoms with E-state index in [9.17, 15) is 5.11 Å². The largest absolute Gasteiger partial charge is 0.391 e. The van der Waals surface area contributed by atoms with Gasteiger partial charge in [-0.05, 0) is 41.2 Å². The summed E-state index contributed by atoms with van der Waals surface area (Å²) in [5, 5.41) is 13.0. The predicted molar refractivity (Wildman–Crippen MR) is 57.3 cm³/mol. The molecule has 3 heteroatoms. The molecule has 0 aromatic heterocycles. The van der Waals surface area contributed by atoms with Crippen molar-refractivity contribution in [2.75, 3.05) is 13.6 Å². The second-order valence-corrected chi connectivity index (χ2v) is 5.40. The van der Waals surface area contributed by atoms with Gasteiger partial charge in [0.15, 0.2) is 0 Å². The van der Waals surface area contributed by atoms with Crippen LogP contribution in [0.5, 0.6) is 0 Å². The summed E-state index contributed by atoms with van der Waals surface area (Å²) in [5.41, 5.74) is -0.331. The quantitative estimate of drug-likeness (QED) is 0.720. The Morgan fingerprint density at radius 2 is 2.00 bits per heavy atom. The zero-order valence-corrected chi connectivity index (χ0v) is 9.92. The fourth-order valence-electron chi connectivity index (χ4n) is 2.56. The molecule has 2 unspecified atom stereocenters. The van der Waals surface area contributed by atoms with Crippen molar-refractivity contribution in [2.24, 2.45) is 5.92 Å². The molecular formula is C11H23NO2. The zero-order chi connectivity index (χ0) is 11.0. The van der Waals surface area contributed by atoms with E-state index in [0.29, 0.717) is 6.54 Å². The minimum absolute atomic E-state index is 0.108. The maximum atomic E-state index is 9.97. The highest BCUT2D eigenvalue weighted by Gasteiger charge is 2.48. The number of ether oxygens (including phenoxy) is 1. The second-order valence-electron chi connectivity index (χ2n) is 5.40. The number of nitrogens with one attached hydrogen (secondary N) is 1. The van der Waals surface area contributed by atoms with Gasteiger partial charge in [-0.2, -0.15) is 0 Å². The number of hydrogen-bond acceptors (Lipinski definition) is 3. The summed E-state index contributed by atoms with van der Waals surface area (Å²) in [7, 11) is 1.86. The van der Waals surface area contributed by atoms with Crippen molar-refractivity contribution in [2.45, 2.75) is 51.4 Å². The first-order chi connectivity index (χ1) is 6.28. The number of aliphatic hydroxyl groups is 1. The third-order valence-electron chi connectivity index (χ3n) is 3.02. The monoisotopic (exact) mass is 201 g/mol. The average molecular weight is 201 g/mol. The lowest BCUT2D eigenvalue weighted by Gasteiger charge is -2.30. The van der Waals surface area contributed by atoms with Crippen LogP contribution in [-0.2, 0) is 4.74 Å². The predicted octanol–water partition coefficient (Wildman–Crippen LogP) is 1.16. The van der Waals surface area contributed by atoms with E-state index in [-0.39, 0.29) is 23.2 Å². The van der Waals surface area contributed by atoms with Gasteiger partial charge in [0.05, 0.1) is 17.3 Å². The van der Waals surface area contributed by atoms with Crippen LogP contribution in [0.4, 0.5) is 0 Å². The highest BCUT2D eigenvalue weighted by atomic mass is 16.5. The van der Waals surface area contributed by atoms with Crippen LogP contribution in [0.3, 0.4) is 0 Å². The molecule has 84 valence electrons. The smallest absolute Gasteiger partial charge is 0.0720 e. The lowest BCUT2D eigenvalue weighted by molar-refractivity contribution is -0.0870. The molecule has 1 heterocycles. The second kappa shape index (κ2) is 3.80. The molecule has 1 aliphatic heterocycles. The summed E-state index contributed by atoms with van der Waals surface area (Å²) in [6, 6.07) is 0. The van der Waals surface area contributed by atoms with Gasteiger partial charge in [0.1, 0.15) is 0 Å². The molecule has 1 fully saturated rings. The summed E-state index contributed by atoms with van der Waals surface area (Å²) in [6.07, 6.45) is 0.597. The Balaban J connectivity index is 2.69. The van der Waals surface area contributed by atoms with Crippen molar-refractivity contribution in [3.05, 3.63) is 0 Å². The molecule has 0 aliphatic carbocycles. The van der Waals surface area contributed by atoms with E-state index in [1.165, 1.54) is 0 Å². The SMILES string of the molecule is CNCC(O)C1CC(C)(C)OC1(C)C. The van der Waals surface area contributed by atoms with E-state index >= 15 is 0 Å². The van der Waals surface area contributed by atoms with Crippen molar-refractivity contribution in [1.82, 2.24) is 5.32 Å². The van der Waals surface area contributed by atoms with Gasteiger partial charge in [-0.3, -0.25) is 0 Å². The maximum Gasteiger partial charge on any atom is 0.0720 e. The van der Waals surface area contributed by atoms with Crippen molar-refractivity contribution in [3.63, 3.8) is 0 Å². The van der Waals surface area contributed by atoms with Crippen LogP contribution in [0, 0.1) is 5.92 Å². The number of aliphatic hydroxyl groups excluding tert-OH is 1. The third kappa shape index (κ3) is 2.47. The summed E-state index contributed by atoms with van der Waals surface area (Å²) in [6.45, 7) is 8.92. The van der Waals surface area contributed by atoms with Gasteiger partial charge in [-0.1, -0.05) is 0 Å². The standard InChI is InChI=1S/C11H23NO2/c1-10(2)6-8(9(13)7-12-5)11(3,4)14-10/h8-9,12-13H,6-7H2,1-5H3. The highest BCUT2D eigenvalue weighted by Crippen LogP contribution is 2.43. The van der Waals surface area contributed by atoms with Crippen molar-refractivity contribution in [1.29, 1.82) is 0 Å². The summed E-state index contributed by atoms with van der Waals surface area (Å²) in [5.74, 6) is 0.213. The van der Waals surface area contributed by atoms with Gasteiger partial charge < -0.3 is 15.2 Å². The molecule has 14 heavy (non-hydrogen) atoms. The van der Waals surface area contributed by atoms with E-state index in [0.717, 1.165) is 6.42 Å². The van der Waals surface area contributed by atoms with E-state index < -0.39 is 0 Å². The summed E-state index contributed by atoms with van der Waals surface area (Å²) >= 11 is 0. The molecule has 0 aromatic rings. The molecule has 1 rings (SSSR count). The fraction of sp³-hybridized carbons (Fsp3) is 1.00. The Bertz CT molecular complexity index is 201. The molecule has 1 saturated heterocycles. The topological polar surface area (TPSA) is 41.5 Å². The van der Waals surface area contributed by atoms with E-state index in [1.54, 1.807) is 0 Å². The first kappa shape index (κ1) is 12.0.